The van der Waals surface area contributed by atoms with Crippen molar-refractivity contribution in [2.24, 2.45) is 0 Å². The molecule has 3 aromatic rings. The second-order valence-corrected chi connectivity index (χ2v) is 6.67. The molecule has 2 aliphatic heterocycles. The summed E-state index contributed by atoms with van der Waals surface area (Å²) in [6.07, 6.45) is 3.31. The van der Waals surface area contributed by atoms with Gasteiger partial charge in [-0.25, -0.2) is 9.78 Å². The normalized spacial score (nSPS) is 19.8. The van der Waals surface area contributed by atoms with E-state index >= 15 is 0 Å². The van der Waals surface area contributed by atoms with Gasteiger partial charge in [-0.15, -0.1) is 0 Å². The van der Waals surface area contributed by atoms with Gasteiger partial charge in [0.2, 0.25) is 0 Å². The summed E-state index contributed by atoms with van der Waals surface area (Å²) in [4.78, 5) is 23.5. The number of fused-ring (bicyclic) bond motifs is 1. The first-order valence-corrected chi connectivity index (χ1v) is 9.25. The Morgan fingerprint density at radius 2 is 2.07 bits per heavy atom. The van der Waals surface area contributed by atoms with E-state index < -0.39 is 6.10 Å². The quantitative estimate of drug-likeness (QED) is 0.679. The molecule has 0 bridgehead atoms. The van der Waals surface area contributed by atoms with Gasteiger partial charge in [0, 0.05) is 43.4 Å². The number of H-pyrrole nitrogens is 1. The third kappa shape index (κ3) is 3.03. The molecule has 5 heterocycles. The fraction of sp³-hybridized carbons (Fsp3) is 0.368. The van der Waals surface area contributed by atoms with E-state index in [1.54, 1.807) is 12.4 Å². The molecule has 0 saturated carbocycles. The van der Waals surface area contributed by atoms with Gasteiger partial charge in [0.25, 0.3) is 0 Å². The third-order valence-corrected chi connectivity index (χ3v) is 4.92. The number of nitrogens with zero attached hydrogens (tertiary/aromatic N) is 4. The number of anilines is 1. The highest BCUT2D eigenvalue weighted by Crippen LogP contribution is 2.34. The number of carbonyl (C=O) groups excluding carboxylic acids is 1. The van der Waals surface area contributed by atoms with Crippen LogP contribution < -0.4 is 9.64 Å². The average Bonchev–Trinajstić information content (AvgIpc) is 3.40. The van der Waals surface area contributed by atoms with Crippen molar-refractivity contribution in [3.05, 3.63) is 30.6 Å². The molecule has 3 aromatic heterocycles. The molecule has 1 unspecified atom stereocenters. The van der Waals surface area contributed by atoms with Crippen LogP contribution in [0.25, 0.3) is 22.3 Å². The number of morpholine rings is 1. The number of carbonyl (C=O) groups is 1. The average molecular weight is 381 g/mol. The van der Waals surface area contributed by atoms with Gasteiger partial charge >= 0.3 is 5.97 Å². The fourth-order valence-electron chi connectivity index (χ4n) is 3.48. The lowest BCUT2D eigenvalue weighted by molar-refractivity contribution is -0.143. The number of ether oxygens (including phenoxy) is 3. The van der Waals surface area contributed by atoms with E-state index in [1.807, 2.05) is 18.2 Å². The number of nitrogens with one attached hydrogen (secondary N) is 1. The van der Waals surface area contributed by atoms with Crippen molar-refractivity contribution in [1.29, 1.82) is 0 Å². The van der Waals surface area contributed by atoms with Crippen molar-refractivity contribution in [3.63, 3.8) is 0 Å². The van der Waals surface area contributed by atoms with E-state index in [2.05, 4.69) is 20.1 Å². The van der Waals surface area contributed by atoms with Crippen molar-refractivity contribution >= 4 is 22.7 Å². The molecule has 2 saturated heterocycles. The highest BCUT2D eigenvalue weighted by Gasteiger charge is 2.30. The molecule has 5 rings (SSSR count). The Hall–Kier alpha value is -3.20. The van der Waals surface area contributed by atoms with Crippen molar-refractivity contribution in [3.8, 4) is 17.1 Å². The first-order valence-electron chi connectivity index (χ1n) is 9.25. The van der Waals surface area contributed by atoms with Crippen LogP contribution in [-0.4, -0.2) is 65.1 Å². The minimum Gasteiger partial charge on any atom is -0.478 e. The predicted molar refractivity (Wildman–Crippen MR) is 100 cm³/mol. The van der Waals surface area contributed by atoms with E-state index in [0.717, 1.165) is 30.0 Å². The molecule has 0 aliphatic carbocycles. The number of cyclic esters (lactones) is 1. The largest absolute Gasteiger partial charge is 0.478 e. The summed E-state index contributed by atoms with van der Waals surface area (Å²) in [7, 11) is 0. The van der Waals surface area contributed by atoms with Crippen LogP contribution in [0.3, 0.4) is 0 Å². The number of hydrogen-bond acceptors (Lipinski definition) is 8. The molecule has 9 nitrogen and oxygen atoms in total. The van der Waals surface area contributed by atoms with Crippen LogP contribution in [0.1, 0.15) is 6.42 Å². The smallest absolute Gasteiger partial charge is 0.347 e. The number of aromatic nitrogens is 4. The highest BCUT2D eigenvalue weighted by molar-refractivity contribution is 5.95. The Morgan fingerprint density at radius 1 is 1.18 bits per heavy atom. The van der Waals surface area contributed by atoms with Crippen molar-refractivity contribution in [1.82, 2.24) is 20.2 Å². The summed E-state index contributed by atoms with van der Waals surface area (Å²) in [5, 5.41) is 7.75. The molecule has 0 amide bonds. The van der Waals surface area contributed by atoms with Crippen LogP contribution in [0.15, 0.2) is 30.6 Å². The molecule has 0 aromatic carbocycles. The molecule has 28 heavy (non-hydrogen) atoms. The molecule has 2 fully saturated rings. The maximum absolute atomic E-state index is 11.9. The Kier molecular flexibility index (Phi) is 4.28. The lowest BCUT2D eigenvalue weighted by Gasteiger charge is -2.28. The number of esters is 1. The molecule has 0 radical (unpaired) electrons. The molecule has 0 spiro atoms. The molecular weight excluding hydrogens is 362 g/mol. The second kappa shape index (κ2) is 7.08. The molecule has 1 N–H and O–H groups in total. The van der Waals surface area contributed by atoms with Gasteiger partial charge in [0.05, 0.1) is 25.5 Å². The van der Waals surface area contributed by atoms with Crippen LogP contribution in [0.2, 0.25) is 0 Å². The van der Waals surface area contributed by atoms with Crippen LogP contribution >= 0.6 is 0 Å². The van der Waals surface area contributed by atoms with Crippen LogP contribution in [0.4, 0.5) is 5.82 Å². The van der Waals surface area contributed by atoms with Gasteiger partial charge in [-0.2, -0.15) is 5.10 Å². The first kappa shape index (κ1) is 16.9. The molecular formula is C19H19N5O4. The van der Waals surface area contributed by atoms with Crippen molar-refractivity contribution in [2.45, 2.75) is 12.5 Å². The standard InChI is InChI=1S/C19H19N5O4/c25-19-14(3-8-27-19)28-15-11-16(24-6-9-26-10-7-24)22-17-12(15)1-4-20-18(17)13-2-5-21-23-13/h1-2,4-5,11,14H,3,6-10H2,(H,21,23). The maximum Gasteiger partial charge on any atom is 0.347 e. The van der Waals surface area contributed by atoms with Gasteiger partial charge in [-0.1, -0.05) is 0 Å². The highest BCUT2D eigenvalue weighted by atomic mass is 16.6. The van der Waals surface area contributed by atoms with Gasteiger partial charge in [-0.05, 0) is 12.1 Å². The topological polar surface area (TPSA) is 102 Å². The van der Waals surface area contributed by atoms with E-state index in [9.17, 15) is 4.79 Å². The van der Waals surface area contributed by atoms with E-state index in [1.165, 1.54) is 0 Å². The zero-order valence-electron chi connectivity index (χ0n) is 15.1. The molecule has 1 atom stereocenters. The van der Waals surface area contributed by atoms with E-state index in [-0.39, 0.29) is 5.97 Å². The predicted octanol–water partition coefficient (Wildman–Crippen LogP) is 1.55. The van der Waals surface area contributed by atoms with E-state index in [0.29, 0.717) is 43.2 Å². The Labute approximate surface area is 160 Å². The van der Waals surface area contributed by atoms with Gasteiger partial charge < -0.3 is 19.1 Å². The van der Waals surface area contributed by atoms with E-state index in [4.69, 9.17) is 19.2 Å². The summed E-state index contributed by atoms with van der Waals surface area (Å²) in [6.45, 7) is 3.15. The molecule has 9 heteroatoms. The van der Waals surface area contributed by atoms with Gasteiger partial charge in [0.15, 0.2) is 6.10 Å². The number of pyridine rings is 2. The zero-order chi connectivity index (χ0) is 18.9. The SMILES string of the molecule is O=C1OCCC1Oc1cc(N2CCOCC2)nc2c(-c3ccn[nH]3)nccc12. The summed E-state index contributed by atoms with van der Waals surface area (Å²) in [6, 6.07) is 5.58. The number of aromatic amines is 1. The lowest BCUT2D eigenvalue weighted by atomic mass is 10.1. The first-order chi connectivity index (χ1) is 13.8. The van der Waals surface area contributed by atoms with Crippen molar-refractivity contribution < 1.29 is 19.0 Å². The molecule has 2 aliphatic rings. The third-order valence-electron chi connectivity index (χ3n) is 4.92. The van der Waals surface area contributed by atoms with Gasteiger partial charge in [0.1, 0.15) is 22.8 Å². The minimum absolute atomic E-state index is 0.333. The summed E-state index contributed by atoms with van der Waals surface area (Å²) in [5.74, 6) is 1.03. The summed E-state index contributed by atoms with van der Waals surface area (Å²) < 4.78 is 16.6. The maximum atomic E-state index is 11.9. The Balaban J connectivity index is 1.65. The Bertz CT molecular complexity index is 1000. The number of hydrogen-bond donors (Lipinski definition) is 1. The summed E-state index contributed by atoms with van der Waals surface area (Å²) in [5.41, 5.74) is 2.14. The Morgan fingerprint density at radius 3 is 2.82 bits per heavy atom. The monoisotopic (exact) mass is 381 g/mol. The molecule has 144 valence electrons. The van der Waals surface area contributed by atoms with Gasteiger partial charge in [-0.3, -0.25) is 10.1 Å². The fourth-order valence-corrected chi connectivity index (χ4v) is 3.48. The van der Waals surface area contributed by atoms with Crippen LogP contribution in [0, 0.1) is 0 Å². The van der Waals surface area contributed by atoms with Crippen molar-refractivity contribution in [2.75, 3.05) is 37.8 Å². The van der Waals surface area contributed by atoms with Crippen LogP contribution in [0.5, 0.6) is 5.75 Å². The second-order valence-electron chi connectivity index (χ2n) is 6.67. The minimum atomic E-state index is -0.605. The summed E-state index contributed by atoms with van der Waals surface area (Å²) >= 11 is 0. The lowest BCUT2D eigenvalue weighted by Crippen LogP contribution is -2.36. The zero-order valence-corrected chi connectivity index (χ0v) is 15.1. The number of rotatable bonds is 4. The van der Waals surface area contributed by atoms with Crippen LogP contribution in [-0.2, 0) is 14.3 Å².